The summed E-state index contributed by atoms with van der Waals surface area (Å²) < 4.78 is 0. The number of nitrogens with zero attached hydrogens (tertiary/aromatic N) is 1. The molecule has 0 amide bonds. The lowest BCUT2D eigenvalue weighted by molar-refractivity contribution is 0.0491. The topological polar surface area (TPSA) is 15.3 Å². The van der Waals surface area contributed by atoms with Crippen LogP contribution in [0.4, 0.5) is 0 Å². The first-order valence-electron chi connectivity index (χ1n) is 8.46. The molecule has 19 heavy (non-hydrogen) atoms. The van der Waals surface area contributed by atoms with Crippen LogP contribution in [0.2, 0.25) is 0 Å². The zero-order valence-electron chi connectivity index (χ0n) is 14.1. The Labute approximate surface area is 121 Å². The number of likely N-dealkylation sites (tertiary alicyclic amines) is 1. The Kier molecular flexibility index (Phi) is 7.38. The molecule has 0 bridgehead atoms. The SMILES string of the molecule is CCNC1CCN(C(C)CCCC(C)C)C(C)C1C. The van der Waals surface area contributed by atoms with Crippen LogP contribution in [0.3, 0.4) is 0 Å². The van der Waals surface area contributed by atoms with Gasteiger partial charge in [-0.3, -0.25) is 4.90 Å². The molecule has 114 valence electrons. The predicted molar refractivity (Wildman–Crippen MR) is 85.6 cm³/mol. The Hall–Kier alpha value is -0.0800. The maximum atomic E-state index is 3.66. The Balaban J connectivity index is 2.42. The summed E-state index contributed by atoms with van der Waals surface area (Å²) in [7, 11) is 0. The fraction of sp³-hybridized carbons (Fsp3) is 1.00. The van der Waals surface area contributed by atoms with Crippen molar-refractivity contribution < 1.29 is 0 Å². The summed E-state index contributed by atoms with van der Waals surface area (Å²) in [4.78, 5) is 2.75. The van der Waals surface area contributed by atoms with E-state index in [0.717, 1.165) is 30.5 Å². The van der Waals surface area contributed by atoms with Crippen molar-refractivity contribution in [2.24, 2.45) is 11.8 Å². The van der Waals surface area contributed by atoms with Gasteiger partial charge in [-0.15, -0.1) is 0 Å². The van der Waals surface area contributed by atoms with Crippen LogP contribution in [0.15, 0.2) is 0 Å². The quantitative estimate of drug-likeness (QED) is 0.753. The van der Waals surface area contributed by atoms with E-state index >= 15 is 0 Å². The van der Waals surface area contributed by atoms with Gasteiger partial charge in [-0.2, -0.15) is 0 Å². The molecule has 1 rings (SSSR count). The minimum Gasteiger partial charge on any atom is -0.314 e. The van der Waals surface area contributed by atoms with Gasteiger partial charge in [-0.05, 0) is 45.1 Å². The van der Waals surface area contributed by atoms with Crippen molar-refractivity contribution in [2.75, 3.05) is 13.1 Å². The van der Waals surface area contributed by atoms with Crippen molar-refractivity contribution in [2.45, 2.75) is 85.4 Å². The summed E-state index contributed by atoms with van der Waals surface area (Å²) >= 11 is 0. The highest BCUT2D eigenvalue weighted by Crippen LogP contribution is 2.27. The zero-order chi connectivity index (χ0) is 14.4. The van der Waals surface area contributed by atoms with Gasteiger partial charge in [-0.1, -0.05) is 40.5 Å². The Morgan fingerprint density at radius 2 is 1.84 bits per heavy atom. The fourth-order valence-electron chi connectivity index (χ4n) is 3.55. The summed E-state index contributed by atoms with van der Waals surface area (Å²) in [5.74, 6) is 1.62. The minimum atomic E-state index is 0.715. The molecular weight excluding hydrogens is 232 g/mol. The normalized spacial score (nSPS) is 30.8. The van der Waals surface area contributed by atoms with Crippen LogP contribution in [-0.2, 0) is 0 Å². The van der Waals surface area contributed by atoms with Crippen LogP contribution in [0.5, 0.6) is 0 Å². The van der Waals surface area contributed by atoms with Crippen molar-refractivity contribution >= 4 is 0 Å². The molecular formula is C17H36N2. The Bertz CT molecular complexity index is 239. The molecule has 1 saturated heterocycles. The third kappa shape index (κ3) is 5.07. The van der Waals surface area contributed by atoms with E-state index < -0.39 is 0 Å². The molecule has 1 heterocycles. The van der Waals surface area contributed by atoms with Gasteiger partial charge in [0.15, 0.2) is 0 Å². The van der Waals surface area contributed by atoms with Crippen LogP contribution in [0, 0.1) is 11.8 Å². The maximum absolute atomic E-state index is 3.66. The van der Waals surface area contributed by atoms with E-state index in [2.05, 4.69) is 51.8 Å². The molecule has 0 spiro atoms. The lowest BCUT2D eigenvalue weighted by atomic mass is 9.85. The van der Waals surface area contributed by atoms with Gasteiger partial charge < -0.3 is 5.32 Å². The molecule has 2 heteroatoms. The summed E-state index contributed by atoms with van der Waals surface area (Å²) in [6, 6.07) is 2.18. The summed E-state index contributed by atoms with van der Waals surface area (Å²) in [5, 5.41) is 3.66. The molecule has 1 N–H and O–H groups in total. The number of rotatable bonds is 7. The van der Waals surface area contributed by atoms with Crippen LogP contribution in [0.25, 0.3) is 0 Å². The summed E-state index contributed by atoms with van der Waals surface area (Å²) in [6.07, 6.45) is 5.43. The van der Waals surface area contributed by atoms with Crippen LogP contribution < -0.4 is 5.32 Å². The van der Waals surface area contributed by atoms with Gasteiger partial charge in [0, 0.05) is 24.7 Å². The van der Waals surface area contributed by atoms with Crippen LogP contribution in [-0.4, -0.2) is 36.1 Å². The molecule has 0 aromatic rings. The second-order valence-electron chi connectivity index (χ2n) is 6.96. The molecule has 0 aromatic carbocycles. The first-order chi connectivity index (χ1) is 8.97. The third-order valence-electron chi connectivity index (χ3n) is 5.05. The molecule has 0 aliphatic carbocycles. The lowest BCUT2D eigenvalue weighted by Crippen LogP contribution is -2.55. The van der Waals surface area contributed by atoms with Crippen LogP contribution >= 0.6 is 0 Å². The molecule has 0 aromatic heterocycles. The van der Waals surface area contributed by atoms with E-state index in [9.17, 15) is 0 Å². The van der Waals surface area contributed by atoms with Gasteiger partial charge in [0.05, 0.1) is 0 Å². The van der Waals surface area contributed by atoms with Gasteiger partial charge in [0.1, 0.15) is 0 Å². The van der Waals surface area contributed by atoms with Crippen molar-refractivity contribution in [1.29, 1.82) is 0 Å². The molecule has 1 fully saturated rings. The van der Waals surface area contributed by atoms with Gasteiger partial charge in [0.2, 0.25) is 0 Å². The van der Waals surface area contributed by atoms with Gasteiger partial charge in [-0.25, -0.2) is 0 Å². The summed E-state index contributed by atoms with van der Waals surface area (Å²) in [5.41, 5.74) is 0. The van der Waals surface area contributed by atoms with Crippen molar-refractivity contribution in [1.82, 2.24) is 10.2 Å². The fourth-order valence-corrected chi connectivity index (χ4v) is 3.55. The molecule has 4 unspecified atom stereocenters. The molecule has 4 atom stereocenters. The number of hydrogen-bond acceptors (Lipinski definition) is 2. The maximum Gasteiger partial charge on any atom is 0.0120 e. The molecule has 1 aliphatic rings. The average molecular weight is 268 g/mol. The highest BCUT2D eigenvalue weighted by molar-refractivity contribution is 4.90. The van der Waals surface area contributed by atoms with E-state index in [1.807, 2.05) is 0 Å². The first kappa shape index (κ1) is 17.0. The second-order valence-corrected chi connectivity index (χ2v) is 6.96. The van der Waals surface area contributed by atoms with E-state index in [4.69, 9.17) is 0 Å². The first-order valence-corrected chi connectivity index (χ1v) is 8.46. The summed E-state index contributed by atoms with van der Waals surface area (Å²) in [6.45, 7) is 16.5. The predicted octanol–water partition coefficient (Wildman–Crippen LogP) is 3.91. The smallest absolute Gasteiger partial charge is 0.0120 e. The Morgan fingerprint density at radius 3 is 2.42 bits per heavy atom. The van der Waals surface area contributed by atoms with E-state index in [0.29, 0.717) is 6.04 Å². The lowest BCUT2D eigenvalue weighted by Gasteiger charge is -2.46. The molecule has 1 aliphatic heterocycles. The molecule has 0 saturated carbocycles. The number of hydrogen-bond donors (Lipinski definition) is 1. The van der Waals surface area contributed by atoms with Gasteiger partial charge in [0.25, 0.3) is 0 Å². The third-order valence-corrected chi connectivity index (χ3v) is 5.05. The molecule has 0 radical (unpaired) electrons. The highest BCUT2D eigenvalue weighted by Gasteiger charge is 2.33. The number of nitrogens with one attached hydrogen (secondary N) is 1. The second kappa shape index (κ2) is 8.26. The van der Waals surface area contributed by atoms with Gasteiger partial charge >= 0.3 is 0 Å². The van der Waals surface area contributed by atoms with Crippen LogP contribution in [0.1, 0.15) is 67.2 Å². The average Bonchev–Trinajstić information content (AvgIpc) is 2.34. The van der Waals surface area contributed by atoms with E-state index in [1.54, 1.807) is 0 Å². The van der Waals surface area contributed by atoms with Crippen molar-refractivity contribution in [3.05, 3.63) is 0 Å². The van der Waals surface area contributed by atoms with E-state index in [1.165, 1.54) is 32.2 Å². The monoisotopic (exact) mass is 268 g/mol. The van der Waals surface area contributed by atoms with Crippen molar-refractivity contribution in [3.8, 4) is 0 Å². The van der Waals surface area contributed by atoms with Crippen molar-refractivity contribution in [3.63, 3.8) is 0 Å². The standard InChI is InChI=1S/C17H36N2/c1-7-18-17-11-12-19(16(6)15(17)5)14(4)10-8-9-13(2)3/h13-18H,7-12H2,1-6H3. The molecule has 2 nitrogen and oxygen atoms in total. The number of piperidine rings is 1. The Morgan fingerprint density at radius 1 is 1.16 bits per heavy atom. The van der Waals surface area contributed by atoms with E-state index in [-0.39, 0.29) is 0 Å². The minimum absolute atomic E-state index is 0.715. The highest BCUT2D eigenvalue weighted by atomic mass is 15.2. The zero-order valence-corrected chi connectivity index (χ0v) is 14.1. The largest absolute Gasteiger partial charge is 0.314 e.